The Balaban J connectivity index is 2.00. The molecule has 0 amide bonds. The van der Waals surface area contributed by atoms with E-state index in [2.05, 4.69) is 44.5 Å². The molecule has 0 bridgehead atoms. The second kappa shape index (κ2) is 4.30. The van der Waals surface area contributed by atoms with Crippen molar-refractivity contribution in [2.75, 3.05) is 0 Å². The maximum absolute atomic E-state index is 4.60. The Hall–Kier alpha value is -0.670. The largest absolute Gasteiger partial charge is 0.240 e. The van der Waals surface area contributed by atoms with Gasteiger partial charge < -0.3 is 0 Å². The van der Waals surface area contributed by atoms with Crippen LogP contribution in [0, 0.1) is 0 Å². The lowest BCUT2D eigenvalue weighted by Crippen LogP contribution is -1.85. The highest BCUT2D eigenvalue weighted by Crippen LogP contribution is 2.29. The van der Waals surface area contributed by atoms with Crippen molar-refractivity contribution in [2.45, 2.75) is 24.6 Å². The fourth-order valence-electron chi connectivity index (χ4n) is 2.24. The van der Waals surface area contributed by atoms with E-state index >= 15 is 0 Å². The SMILES string of the molecule is BrCc1nc(-c2ccc3c(c2)CCC3)cs1. The predicted molar refractivity (Wildman–Crippen MR) is 72.2 cm³/mol. The summed E-state index contributed by atoms with van der Waals surface area (Å²) in [6.07, 6.45) is 3.79. The standard InChI is InChI=1S/C13H12BrNS/c14-7-13-15-12(8-16-13)11-5-4-9-2-1-3-10(9)6-11/h4-6,8H,1-3,7H2. The molecule has 82 valence electrons. The van der Waals surface area contributed by atoms with Gasteiger partial charge in [-0.15, -0.1) is 11.3 Å². The molecule has 1 aromatic heterocycles. The first kappa shape index (κ1) is 10.5. The number of aromatic nitrogens is 1. The van der Waals surface area contributed by atoms with Crippen LogP contribution in [0.2, 0.25) is 0 Å². The van der Waals surface area contributed by atoms with Crippen LogP contribution in [0.5, 0.6) is 0 Å². The minimum absolute atomic E-state index is 0.850. The van der Waals surface area contributed by atoms with Crippen LogP contribution in [0.1, 0.15) is 22.6 Å². The number of aryl methyl sites for hydroxylation is 2. The second-order valence-electron chi connectivity index (χ2n) is 4.10. The monoisotopic (exact) mass is 293 g/mol. The lowest BCUT2D eigenvalue weighted by Gasteiger charge is -2.01. The average Bonchev–Trinajstić information content (AvgIpc) is 2.96. The van der Waals surface area contributed by atoms with Crippen molar-refractivity contribution >= 4 is 27.3 Å². The summed E-state index contributed by atoms with van der Waals surface area (Å²) in [6, 6.07) is 6.79. The maximum atomic E-state index is 4.60. The van der Waals surface area contributed by atoms with Crippen molar-refractivity contribution in [1.29, 1.82) is 0 Å². The van der Waals surface area contributed by atoms with E-state index in [0.717, 1.165) is 16.0 Å². The molecule has 1 aliphatic carbocycles. The molecule has 0 unspecified atom stereocenters. The highest BCUT2D eigenvalue weighted by Gasteiger charge is 2.12. The zero-order valence-electron chi connectivity index (χ0n) is 8.87. The third-order valence-corrected chi connectivity index (χ3v) is 4.81. The summed E-state index contributed by atoms with van der Waals surface area (Å²) in [5.74, 6) is 0. The van der Waals surface area contributed by atoms with E-state index in [1.165, 1.54) is 36.0 Å². The first-order chi connectivity index (χ1) is 7.86. The number of nitrogens with zero attached hydrogens (tertiary/aromatic N) is 1. The van der Waals surface area contributed by atoms with Crippen molar-refractivity contribution in [3.05, 3.63) is 39.7 Å². The van der Waals surface area contributed by atoms with Gasteiger partial charge in [0.1, 0.15) is 5.01 Å². The van der Waals surface area contributed by atoms with E-state index in [0.29, 0.717) is 0 Å². The van der Waals surface area contributed by atoms with Gasteiger partial charge in [0.05, 0.1) is 11.0 Å². The van der Waals surface area contributed by atoms with E-state index in [1.807, 2.05) is 0 Å². The van der Waals surface area contributed by atoms with Crippen LogP contribution in [-0.2, 0) is 18.2 Å². The van der Waals surface area contributed by atoms with Crippen LogP contribution >= 0.6 is 27.3 Å². The number of hydrogen-bond donors (Lipinski definition) is 0. The number of hydrogen-bond acceptors (Lipinski definition) is 2. The lowest BCUT2D eigenvalue weighted by molar-refractivity contribution is 0.912. The van der Waals surface area contributed by atoms with Gasteiger partial charge in [-0.3, -0.25) is 0 Å². The topological polar surface area (TPSA) is 12.9 Å². The molecule has 1 heterocycles. The zero-order valence-corrected chi connectivity index (χ0v) is 11.3. The lowest BCUT2D eigenvalue weighted by atomic mass is 10.1. The molecule has 1 aliphatic rings. The van der Waals surface area contributed by atoms with E-state index in [4.69, 9.17) is 0 Å². The normalized spacial score (nSPS) is 14.1. The molecule has 3 heteroatoms. The molecule has 0 spiro atoms. The minimum Gasteiger partial charge on any atom is -0.240 e. The molecule has 1 aromatic carbocycles. The van der Waals surface area contributed by atoms with Crippen LogP contribution in [0.25, 0.3) is 11.3 Å². The van der Waals surface area contributed by atoms with Gasteiger partial charge in [0.25, 0.3) is 0 Å². The van der Waals surface area contributed by atoms with Gasteiger partial charge in [-0.2, -0.15) is 0 Å². The molecular weight excluding hydrogens is 282 g/mol. The molecule has 0 N–H and O–H groups in total. The van der Waals surface area contributed by atoms with E-state index in [9.17, 15) is 0 Å². The molecule has 0 fully saturated rings. The Labute approximate surface area is 108 Å². The van der Waals surface area contributed by atoms with Crippen LogP contribution in [-0.4, -0.2) is 4.98 Å². The molecule has 0 radical (unpaired) electrons. The summed E-state index contributed by atoms with van der Waals surface area (Å²) in [7, 11) is 0. The number of halogens is 1. The molecule has 0 saturated carbocycles. The number of thiazole rings is 1. The van der Waals surface area contributed by atoms with Crippen molar-refractivity contribution in [2.24, 2.45) is 0 Å². The third-order valence-electron chi connectivity index (χ3n) is 3.06. The Morgan fingerprint density at radius 1 is 1.25 bits per heavy atom. The quantitative estimate of drug-likeness (QED) is 0.757. The van der Waals surface area contributed by atoms with Gasteiger partial charge >= 0.3 is 0 Å². The summed E-state index contributed by atoms with van der Waals surface area (Å²) in [5, 5.41) is 4.14. The average molecular weight is 294 g/mol. The third kappa shape index (κ3) is 1.82. The van der Waals surface area contributed by atoms with Crippen molar-refractivity contribution < 1.29 is 0 Å². The summed E-state index contributed by atoms with van der Waals surface area (Å²) in [6.45, 7) is 0. The molecular formula is C13H12BrNS. The predicted octanol–water partition coefficient (Wildman–Crippen LogP) is 4.19. The zero-order chi connectivity index (χ0) is 11.0. The van der Waals surface area contributed by atoms with Crippen LogP contribution in [0.3, 0.4) is 0 Å². The molecule has 0 aliphatic heterocycles. The highest BCUT2D eigenvalue weighted by atomic mass is 79.9. The fraction of sp³-hybridized carbons (Fsp3) is 0.308. The summed E-state index contributed by atoms with van der Waals surface area (Å²) in [5.41, 5.74) is 5.43. The van der Waals surface area contributed by atoms with Crippen LogP contribution < -0.4 is 0 Å². The van der Waals surface area contributed by atoms with Gasteiger partial charge in [0.15, 0.2) is 0 Å². The van der Waals surface area contributed by atoms with Gasteiger partial charge in [0.2, 0.25) is 0 Å². The van der Waals surface area contributed by atoms with Gasteiger partial charge in [-0.25, -0.2) is 4.98 Å². The second-order valence-corrected chi connectivity index (χ2v) is 5.60. The Morgan fingerprint density at radius 3 is 2.94 bits per heavy atom. The van der Waals surface area contributed by atoms with Gasteiger partial charge in [-0.1, -0.05) is 28.1 Å². The summed E-state index contributed by atoms with van der Waals surface area (Å²) in [4.78, 5) is 4.60. The smallest absolute Gasteiger partial charge is 0.104 e. The first-order valence-corrected chi connectivity index (χ1v) is 7.49. The Bertz CT molecular complexity index is 518. The Morgan fingerprint density at radius 2 is 2.12 bits per heavy atom. The van der Waals surface area contributed by atoms with Crippen molar-refractivity contribution in [3.63, 3.8) is 0 Å². The molecule has 16 heavy (non-hydrogen) atoms. The summed E-state index contributed by atoms with van der Waals surface area (Å²) >= 11 is 5.16. The van der Waals surface area contributed by atoms with Crippen molar-refractivity contribution in [1.82, 2.24) is 4.98 Å². The maximum Gasteiger partial charge on any atom is 0.104 e. The number of fused-ring (bicyclic) bond motifs is 1. The Kier molecular flexibility index (Phi) is 2.82. The van der Waals surface area contributed by atoms with E-state index < -0.39 is 0 Å². The van der Waals surface area contributed by atoms with Crippen LogP contribution in [0.4, 0.5) is 0 Å². The fourth-order valence-corrected chi connectivity index (χ4v) is 3.41. The minimum atomic E-state index is 0.850. The molecule has 0 atom stereocenters. The molecule has 0 saturated heterocycles. The summed E-state index contributed by atoms with van der Waals surface area (Å²) < 4.78 is 0. The van der Waals surface area contributed by atoms with Crippen molar-refractivity contribution in [3.8, 4) is 11.3 Å². The number of rotatable bonds is 2. The molecule has 2 aromatic rings. The molecule has 3 rings (SSSR count). The number of benzene rings is 1. The van der Waals surface area contributed by atoms with Gasteiger partial charge in [-0.05, 0) is 36.5 Å². The highest BCUT2D eigenvalue weighted by molar-refractivity contribution is 9.08. The van der Waals surface area contributed by atoms with Crippen LogP contribution in [0.15, 0.2) is 23.6 Å². The molecule has 1 nitrogen and oxygen atoms in total. The first-order valence-electron chi connectivity index (χ1n) is 5.49. The van der Waals surface area contributed by atoms with E-state index in [-0.39, 0.29) is 0 Å². The van der Waals surface area contributed by atoms with Gasteiger partial charge in [0, 0.05) is 10.9 Å². The number of alkyl halides is 1. The van der Waals surface area contributed by atoms with E-state index in [1.54, 1.807) is 11.3 Å².